The highest BCUT2D eigenvalue weighted by Gasteiger charge is 2.27. The summed E-state index contributed by atoms with van der Waals surface area (Å²) in [5.74, 6) is 0.186. The van der Waals surface area contributed by atoms with Crippen molar-refractivity contribution >= 4 is 33.8 Å². The zero-order valence-corrected chi connectivity index (χ0v) is 12.6. The Morgan fingerprint density at radius 3 is 2.55 bits per heavy atom. The van der Waals surface area contributed by atoms with Crippen LogP contribution in [0, 0.1) is 0 Å². The lowest BCUT2D eigenvalue weighted by molar-refractivity contribution is 0.0974. The summed E-state index contributed by atoms with van der Waals surface area (Å²) in [4.78, 5) is 12.7. The molecule has 3 heteroatoms. The minimum Gasteiger partial charge on any atom is -0.377 e. The van der Waals surface area contributed by atoms with Crippen LogP contribution < -0.4 is 5.32 Å². The van der Waals surface area contributed by atoms with Crippen molar-refractivity contribution in [2.45, 2.75) is 12.5 Å². The first kappa shape index (κ1) is 13.4. The number of carbonyl (C=O) groups is 1. The van der Waals surface area contributed by atoms with Crippen molar-refractivity contribution in [3.8, 4) is 0 Å². The number of carbonyl (C=O) groups excluding carboxylic acids is 1. The second kappa shape index (κ2) is 5.15. The van der Waals surface area contributed by atoms with Crippen LogP contribution in [0.5, 0.6) is 0 Å². The van der Waals surface area contributed by atoms with Gasteiger partial charge in [-0.25, -0.2) is 0 Å². The molecule has 0 radical (unpaired) electrons. The molecule has 22 heavy (non-hydrogen) atoms. The Hall–Kier alpha value is -2.32. The van der Waals surface area contributed by atoms with E-state index < -0.39 is 0 Å². The van der Waals surface area contributed by atoms with Gasteiger partial charge in [-0.15, -0.1) is 0 Å². The topological polar surface area (TPSA) is 29.1 Å². The van der Waals surface area contributed by atoms with Gasteiger partial charge in [-0.3, -0.25) is 4.79 Å². The molecule has 0 unspecified atom stereocenters. The number of hydrogen-bond donors (Lipinski definition) is 1. The molecule has 1 aliphatic heterocycles. The lowest BCUT2D eigenvalue weighted by atomic mass is 9.89. The van der Waals surface area contributed by atoms with E-state index in [0.717, 1.165) is 27.6 Å². The third-order valence-corrected chi connectivity index (χ3v) is 4.45. The number of rotatable bonds is 1. The average molecular weight is 308 g/mol. The number of fused-ring (bicyclic) bond motifs is 3. The van der Waals surface area contributed by atoms with Crippen LogP contribution in [0.15, 0.2) is 60.7 Å². The van der Waals surface area contributed by atoms with Gasteiger partial charge in [0.25, 0.3) is 0 Å². The highest BCUT2D eigenvalue weighted by molar-refractivity contribution is 6.30. The molecule has 1 N–H and O–H groups in total. The molecule has 1 atom stereocenters. The van der Waals surface area contributed by atoms with Crippen molar-refractivity contribution in [2.75, 3.05) is 5.32 Å². The summed E-state index contributed by atoms with van der Waals surface area (Å²) in [5.41, 5.74) is 2.80. The van der Waals surface area contributed by atoms with E-state index in [9.17, 15) is 4.79 Å². The molecular weight excluding hydrogens is 294 g/mol. The Bertz CT molecular complexity index is 870. The molecule has 1 heterocycles. The van der Waals surface area contributed by atoms with Crippen LogP contribution in [-0.2, 0) is 0 Å². The molecule has 2 nitrogen and oxygen atoms in total. The summed E-state index contributed by atoms with van der Waals surface area (Å²) < 4.78 is 0. The maximum Gasteiger partial charge on any atom is 0.167 e. The van der Waals surface area contributed by atoms with E-state index in [-0.39, 0.29) is 11.8 Å². The molecule has 0 spiro atoms. The second-order valence-electron chi connectivity index (χ2n) is 5.59. The summed E-state index contributed by atoms with van der Waals surface area (Å²) in [7, 11) is 0. The molecule has 0 saturated carbocycles. The fraction of sp³-hybridized carbons (Fsp3) is 0.105. The van der Waals surface area contributed by atoms with E-state index in [2.05, 4.69) is 11.4 Å². The first-order valence-electron chi connectivity index (χ1n) is 7.29. The summed E-state index contributed by atoms with van der Waals surface area (Å²) in [5, 5.41) is 6.32. The molecule has 0 aromatic heterocycles. The van der Waals surface area contributed by atoms with Crippen LogP contribution in [0.1, 0.15) is 28.4 Å². The van der Waals surface area contributed by atoms with Gasteiger partial charge < -0.3 is 5.32 Å². The predicted octanol–water partition coefficient (Wildman–Crippen LogP) is 5.23. The number of benzene rings is 3. The molecule has 3 aromatic rings. The standard InChI is InChI=1S/C19H14ClNO/c20-14-8-5-13(6-9-14)17-11-18(22)19-15-4-2-1-3-12(15)7-10-16(19)21-17/h1-10,17,21H,11H2/t17-/m1/s1. The number of anilines is 1. The molecular formula is C19H14ClNO. The Morgan fingerprint density at radius 1 is 0.955 bits per heavy atom. The smallest absolute Gasteiger partial charge is 0.167 e. The summed E-state index contributed by atoms with van der Waals surface area (Å²) in [6.07, 6.45) is 0.461. The van der Waals surface area contributed by atoms with Crippen LogP contribution in [0.2, 0.25) is 5.02 Å². The van der Waals surface area contributed by atoms with Crippen molar-refractivity contribution in [3.63, 3.8) is 0 Å². The highest BCUT2D eigenvalue weighted by atomic mass is 35.5. The Balaban J connectivity index is 1.79. The largest absolute Gasteiger partial charge is 0.377 e. The van der Waals surface area contributed by atoms with Crippen LogP contribution in [0.25, 0.3) is 10.8 Å². The van der Waals surface area contributed by atoms with Crippen LogP contribution in [0.3, 0.4) is 0 Å². The zero-order chi connectivity index (χ0) is 15.1. The maximum absolute atomic E-state index is 12.7. The van der Waals surface area contributed by atoms with E-state index in [4.69, 9.17) is 11.6 Å². The molecule has 3 aromatic carbocycles. The number of nitrogens with one attached hydrogen (secondary N) is 1. The number of ketones is 1. The van der Waals surface area contributed by atoms with Gasteiger partial charge >= 0.3 is 0 Å². The van der Waals surface area contributed by atoms with Crippen molar-refractivity contribution < 1.29 is 4.79 Å². The Morgan fingerprint density at radius 2 is 1.73 bits per heavy atom. The molecule has 0 amide bonds. The van der Waals surface area contributed by atoms with E-state index in [0.29, 0.717) is 11.4 Å². The van der Waals surface area contributed by atoms with Gasteiger partial charge in [0.1, 0.15) is 0 Å². The number of hydrogen-bond acceptors (Lipinski definition) is 2. The van der Waals surface area contributed by atoms with E-state index in [1.165, 1.54) is 0 Å². The molecule has 4 rings (SSSR count). The minimum atomic E-state index is -0.00145. The van der Waals surface area contributed by atoms with Crippen molar-refractivity contribution in [2.24, 2.45) is 0 Å². The summed E-state index contributed by atoms with van der Waals surface area (Å²) >= 11 is 5.94. The zero-order valence-electron chi connectivity index (χ0n) is 11.8. The Kier molecular flexibility index (Phi) is 3.12. The van der Waals surface area contributed by atoms with Gasteiger partial charge in [0.05, 0.1) is 6.04 Å². The minimum absolute atomic E-state index is 0.00145. The maximum atomic E-state index is 12.7. The number of Topliss-reactive ketones (excluding diaryl/α,β-unsaturated/α-hetero) is 1. The van der Waals surface area contributed by atoms with Crippen LogP contribution in [-0.4, -0.2) is 5.78 Å². The van der Waals surface area contributed by atoms with Gasteiger partial charge in [0.2, 0.25) is 0 Å². The Labute approximate surface area is 133 Å². The monoisotopic (exact) mass is 307 g/mol. The third-order valence-electron chi connectivity index (χ3n) is 4.20. The van der Waals surface area contributed by atoms with Gasteiger partial charge in [0.15, 0.2) is 5.78 Å². The first-order chi connectivity index (χ1) is 10.7. The van der Waals surface area contributed by atoms with Crippen molar-refractivity contribution in [3.05, 3.63) is 76.8 Å². The summed E-state index contributed by atoms with van der Waals surface area (Å²) in [6.45, 7) is 0. The lowest BCUT2D eigenvalue weighted by Crippen LogP contribution is -2.23. The fourth-order valence-corrected chi connectivity index (χ4v) is 3.24. The van der Waals surface area contributed by atoms with Crippen molar-refractivity contribution in [1.82, 2.24) is 0 Å². The first-order valence-corrected chi connectivity index (χ1v) is 7.67. The SMILES string of the molecule is O=C1C[C@H](c2ccc(Cl)cc2)Nc2ccc3ccccc3c21. The lowest BCUT2D eigenvalue weighted by Gasteiger charge is -2.27. The quantitative estimate of drug-likeness (QED) is 0.666. The normalized spacial score (nSPS) is 17.1. The van der Waals surface area contributed by atoms with E-state index in [1.807, 2.05) is 54.6 Å². The summed E-state index contributed by atoms with van der Waals surface area (Å²) in [6, 6.07) is 19.7. The van der Waals surface area contributed by atoms with Gasteiger partial charge in [-0.05, 0) is 34.5 Å². The van der Waals surface area contributed by atoms with Gasteiger partial charge in [-0.2, -0.15) is 0 Å². The molecule has 0 bridgehead atoms. The highest BCUT2D eigenvalue weighted by Crippen LogP contribution is 2.36. The van der Waals surface area contributed by atoms with Crippen LogP contribution >= 0.6 is 11.6 Å². The number of halogens is 1. The molecule has 0 saturated heterocycles. The molecule has 1 aliphatic rings. The molecule has 0 fully saturated rings. The van der Waals surface area contributed by atoms with Crippen LogP contribution in [0.4, 0.5) is 5.69 Å². The molecule has 108 valence electrons. The van der Waals surface area contributed by atoms with Gasteiger partial charge in [-0.1, -0.05) is 54.1 Å². The van der Waals surface area contributed by atoms with Crippen molar-refractivity contribution in [1.29, 1.82) is 0 Å². The predicted molar refractivity (Wildman–Crippen MR) is 90.7 cm³/mol. The second-order valence-corrected chi connectivity index (χ2v) is 6.02. The van der Waals surface area contributed by atoms with E-state index >= 15 is 0 Å². The van der Waals surface area contributed by atoms with Gasteiger partial charge in [0, 0.05) is 22.7 Å². The molecule has 0 aliphatic carbocycles. The van der Waals surface area contributed by atoms with E-state index in [1.54, 1.807) is 0 Å². The fourth-order valence-electron chi connectivity index (χ4n) is 3.11. The third kappa shape index (κ3) is 2.16. The average Bonchev–Trinajstić information content (AvgIpc) is 2.55.